The van der Waals surface area contributed by atoms with Crippen LogP contribution in [0.25, 0.3) is 11.0 Å². The van der Waals surface area contributed by atoms with E-state index in [2.05, 4.69) is 9.59 Å². The van der Waals surface area contributed by atoms with Crippen LogP contribution in [0.2, 0.25) is 0 Å². The third-order valence-electron chi connectivity index (χ3n) is 2.90. The maximum atomic E-state index is 10.3. The standard InChI is InChI=1S/C13H12N2O2S/c1-7-3-4-10-9(5-7)6-11(17-10)12(16)13-8(2)14-15-18-13/h3-6,12,16H,1-2H3. The van der Waals surface area contributed by atoms with E-state index in [9.17, 15) is 5.11 Å². The summed E-state index contributed by atoms with van der Waals surface area (Å²) in [5, 5.41) is 15.2. The van der Waals surface area contributed by atoms with Crippen LogP contribution in [0.15, 0.2) is 28.7 Å². The molecule has 0 saturated heterocycles. The molecule has 18 heavy (non-hydrogen) atoms. The molecule has 0 aliphatic rings. The zero-order valence-electron chi connectivity index (χ0n) is 10.0. The lowest BCUT2D eigenvalue weighted by molar-refractivity contribution is 0.195. The van der Waals surface area contributed by atoms with Crippen molar-refractivity contribution in [2.24, 2.45) is 0 Å². The van der Waals surface area contributed by atoms with Crippen LogP contribution in [0.1, 0.15) is 28.0 Å². The highest BCUT2D eigenvalue weighted by atomic mass is 32.1. The molecule has 3 aromatic rings. The van der Waals surface area contributed by atoms with Crippen LogP contribution in [0.4, 0.5) is 0 Å². The van der Waals surface area contributed by atoms with Gasteiger partial charge in [-0.15, -0.1) is 5.10 Å². The average Bonchev–Trinajstić information content (AvgIpc) is 2.93. The van der Waals surface area contributed by atoms with Crippen LogP contribution in [0.3, 0.4) is 0 Å². The van der Waals surface area contributed by atoms with E-state index in [0.29, 0.717) is 5.76 Å². The summed E-state index contributed by atoms with van der Waals surface area (Å²) in [7, 11) is 0. The molecule has 0 spiro atoms. The summed E-state index contributed by atoms with van der Waals surface area (Å²) >= 11 is 1.19. The topological polar surface area (TPSA) is 59.2 Å². The number of hydrogen-bond donors (Lipinski definition) is 1. The number of rotatable bonds is 2. The Kier molecular flexibility index (Phi) is 2.65. The van der Waals surface area contributed by atoms with Crippen molar-refractivity contribution in [3.05, 3.63) is 46.2 Å². The van der Waals surface area contributed by atoms with Crippen LogP contribution in [-0.2, 0) is 0 Å². The number of fused-ring (bicyclic) bond motifs is 1. The molecular formula is C13H12N2O2S. The first-order valence-corrected chi connectivity index (χ1v) is 6.39. The minimum absolute atomic E-state index is 0.532. The molecule has 1 aromatic carbocycles. The Hall–Kier alpha value is -1.72. The fourth-order valence-corrected chi connectivity index (χ4v) is 2.58. The summed E-state index contributed by atoms with van der Waals surface area (Å²) in [6, 6.07) is 7.80. The van der Waals surface area contributed by atoms with Gasteiger partial charge in [0.05, 0.1) is 10.6 Å². The molecule has 92 valence electrons. The number of benzene rings is 1. The number of hydrogen-bond acceptors (Lipinski definition) is 5. The normalized spacial score (nSPS) is 13.1. The number of aliphatic hydroxyl groups is 1. The van der Waals surface area contributed by atoms with Crippen LogP contribution in [-0.4, -0.2) is 14.7 Å². The minimum atomic E-state index is -0.794. The van der Waals surface area contributed by atoms with Gasteiger partial charge in [0.2, 0.25) is 0 Å². The smallest absolute Gasteiger partial charge is 0.149 e. The van der Waals surface area contributed by atoms with E-state index in [1.54, 1.807) is 0 Å². The number of aryl methyl sites for hydroxylation is 2. The zero-order chi connectivity index (χ0) is 12.7. The summed E-state index contributed by atoms with van der Waals surface area (Å²) in [4.78, 5) is 0.728. The van der Waals surface area contributed by atoms with Crippen molar-refractivity contribution < 1.29 is 9.52 Å². The van der Waals surface area contributed by atoms with Crippen molar-refractivity contribution in [1.29, 1.82) is 0 Å². The van der Waals surface area contributed by atoms with E-state index < -0.39 is 6.10 Å². The van der Waals surface area contributed by atoms with Crippen molar-refractivity contribution in [3.63, 3.8) is 0 Å². The molecule has 5 heteroatoms. The van der Waals surface area contributed by atoms with Gasteiger partial charge >= 0.3 is 0 Å². The van der Waals surface area contributed by atoms with Crippen molar-refractivity contribution in [2.75, 3.05) is 0 Å². The zero-order valence-corrected chi connectivity index (χ0v) is 10.9. The van der Waals surface area contributed by atoms with E-state index in [0.717, 1.165) is 21.5 Å². The molecule has 0 fully saturated rings. The van der Waals surface area contributed by atoms with Crippen LogP contribution >= 0.6 is 11.5 Å². The number of furan rings is 1. The van der Waals surface area contributed by atoms with Crippen LogP contribution < -0.4 is 0 Å². The number of aromatic nitrogens is 2. The Morgan fingerprint density at radius 3 is 2.83 bits per heavy atom. The van der Waals surface area contributed by atoms with Crippen LogP contribution in [0, 0.1) is 13.8 Å². The van der Waals surface area contributed by atoms with Gasteiger partial charge in [-0.2, -0.15) is 0 Å². The predicted octanol–water partition coefficient (Wildman–Crippen LogP) is 2.98. The van der Waals surface area contributed by atoms with Gasteiger partial charge in [-0.05, 0) is 43.6 Å². The molecule has 4 nitrogen and oxygen atoms in total. The molecule has 1 unspecified atom stereocenters. The largest absolute Gasteiger partial charge is 0.458 e. The third kappa shape index (κ3) is 1.81. The molecule has 0 bridgehead atoms. The van der Waals surface area contributed by atoms with Crippen molar-refractivity contribution in [2.45, 2.75) is 20.0 Å². The maximum Gasteiger partial charge on any atom is 0.149 e. The van der Waals surface area contributed by atoms with Crippen molar-refractivity contribution in [3.8, 4) is 0 Å². The molecule has 0 amide bonds. The van der Waals surface area contributed by atoms with Gasteiger partial charge < -0.3 is 9.52 Å². The Morgan fingerprint density at radius 1 is 1.28 bits per heavy atom. The summed E-state index contributed by atoms with van der Waals surface area (Å²) in [5.74, 6) is 0.532. The number of aliphatic hydroxyl groups excluding tert-OH is 1. The molecule has 2 aromatic heterocycles. The van der Waals surface area contributed by atoms with Gasteiger partial charge in [-0.1, -0.05) is 16.1 Å². The average molecular weight is 260 g/mol. The fourth-order valence-electron chi connectivity index (χ4n) is 1.94. The molecular weight excluding hydrogens is 248 g/mol. The third-order valence-corrected chi connectivity index (χ3v) is 3.77. The van der Waals surface area contributed by atoms with Crippen molar-refractivity contribution in [1.82, 2.24) is 9.59 Å². The molecule has 3 rings (SSSR count). The van der Waals surface area contributed by atoms with E-state index in [-0.39, 0.29) is 0 Å². The Morgan fingerprint density at radius 2 is 2.11 bits per heavy atom. The highest BCUT2D eigenvalue weighted by molar-refractivity contribution is 7.05. The SMILES string of the molecule is Cc1ccc2oc(C(O)c3snnc3C)cc2c1. The molecule has 1 N–H and O–H groups in total. The summed E-state index contributed by atoms with van der Waals surface area (Å²) in [6.45, 7) is 3.86. The first-order valence-electron chi connectivity index (χ1n) is 5.62. The van der Waals surface area contributed by atoms with Crippen molar-refractivity contribution >= 4 is 22.5 Å². The second-order valence-corrected chi connectivity index (χ2v) is 5.10. The molecule has 2 heterocycles. The van der Waals surface area contributed by atoms with Gasteiger partial charge in [-0.3, -0.25) is 0 Å². The monoisotopic (exact) mass is 260 g/mol. The second kappa shape index (κ2) is 4.19. The Bertz CT molecular complexity index is 702. The Labute approximate surface area is 108 Å². The first-order chi connectivity index (χ1) is 8.65. The molecule has 0 radical (unpaired) electrons. The second-order valence-electron chi connectivity index (χ2n) is 4.32. The Balaban J connectivity index is 2.07. The van der Waals surface area contributed by atoms with E-state index in [1.807, 2.05) is 38.1 Å². The minimum Gasteiger partial charge on any atom is -0.458 e. The first kappa shape index (κ1) is 11.4. The van der Waals surface area contributed by atoms with Crippen LogP contribution in [0.5, 0.6) is 0 Å². The van der Waals surface area contributed by atoms with Gasteiger partial charge in [0.25, 0.3) is 0 Å². The molecule has 0 aliphatic carbocycles. The van der Waals surface area contributed by atoms with Gasteiger partial charge in [0.15, 0.2) is 0 Å². The van der Waals surface area contributed by atoms with E-state index in [1.165, 1.54) is 17.1 Å². The highest BCUT2D eigenvalue weighted by Gasteiger charge is 2.20. The lowest BCUT2D eigenvalue weighted by Crippen LogP contribution is -1.97. The fraction of sp³-hybridized carbons (Fsp3) is 0.231. The molecule has 0 aliphatic heterocycles. The van der Waals surface area contributed by atoms with Gasteiger partial charge in [0.1, 0.15) is 17.4 Å². The summed E-state index contributed by atoms with van der Waals surface area (Å²) in [6.07, 6.45) is -0.794. The van der Waals surface area contributed by atoms with E-state index in [4.69, 9.17) is 4.42 Å². The molecule has 1 atom stereocenters. The van der Waals surface area contributed by atoms with Gasteiger partial charge in [0, 0.05) is 5.39 Å². The maximum absolute atomic E-state index is 10.3. The summed E-state index contributed by atoms with van der Waals surface area (Å²) < 4.78 is 9.49. The van der Waals surface area contributed by atoms with Gasteiger partial charge in [-0.25, -0.2) is 0 Å². The lowest BCUT2D eigenvalue weighted by Gasteiger charge is -2.03. The predicted molar refractivity (Wildman–Crippen MR) is 69.7 cm³/mol. The van der Waals surface area contributed by atoms with E-state index >= 15 is 0 Å². The lowest BCUT2D eigenvalue weighted by atomic mass is 10.1. The summed E-state index contributed by atoms with van der Waals surface area (Å²) in [5.41, 5.74) is 2.69. The number of nitrogens with zero attached hydrogens (tertiary/aromatic N) is 2. The molecule has 0 saturated carbocycles. The highest BCUT2D eigenvalue weighted by Crippen LogP contribution is 2.31. The quantitative estimate of drug-likeness (QED) is 0.769.